The molecule has 0 bridgehead atoms. The van der Waals surface area contributed by atoms with Gasteiger partial charge in [0.15, 0.2) is 0 Å². The van der Waals surface area contributed by atoms with Gasteiger partial charge >= 0.3 is 6.09 Å². The summed E-state index contributed by atoms with van der Waals surface area (Å²) in [6.45, 7) is 5.47. The van der Waals surface area contributed by atoms with Crippen LogP contribution in [0.3, 0.4) is 0 Å². The molecule has 1 heterocycles. The minimum Gasteiger partial charge on any atom is -0.449 e. The number of benzene rings is 1. The Morgan fingerprint density at radius 2 is 1.96 bits per heavy atom. The van der Waals surface area contributed by atoms with Crippen LogP contribution in [-0.2, 0) is 4.74 Å². The van der Waals surface area contributed by atoms with E-state index in [0.717, 1.165) is 0 Å². The Hall–Kier alpha value is -1.46. The highest BCUT2D eigenvalue weighted by Crippen LogP contribution is 2.23. The predicted octanol–water partition coefficient (Wildman–Crippen LogP) is 3.98. The molecule has 5 nitrogen and oxygen atoms in total. The van der Waals surface area contributed by atoms with Crippen LogP contribution < -0.4 is 5.32 Å². The summed E-state index contributed by atoms with van der Waals surface area (Å²) in [6.07, 6.45) is 0.966. The number of nitrogens with one attached hydrogen (secondary N) is 1. The Kier molecular flexibility index (Phi) is 6.75. The number of halogens is 2. The van der Waals surface area contributed by atoms with Crippen molar-refractivity contribution in [3.8, 4) is 0 Å². The minimum atomic E-state index is -0.397. The van der Waals surface area contributed by atoms with Crippen molar-refractivity contribution in [2.75, 3.05) is 19.7 Å². The third-order valence-corrected chi connectivity index (χ3v) is 4.38. The summed E-state index contributed by atoms with van der Waals surface area (Å²) in [5.41, 5.74) is 0.409. The number of likely N-dealkylation sites (tertiary alicyclic amines) is 1. The molecular weight excluding hydrogens is 351 g/mol. The molecule has 0 saturated carbocycles. The van der Waals surface area contributed by atoms with Crippen molar-refractivity contribution in [2.45, 2.75) is 32.7 Å². The van der Waals surface area contributed by atoms with Crippen LogP contribution in [0, 0.1) is 5.92 Å². The molecule has 132 valence electrons. The van der Waals surface area contributed by atoms with E-state index in [-0.39, 0.29) is 11.9 Å². The second-order valence-corrected chi connectivity index (χ2v) is 7.17. The Bertz CT molecular complexity index is 599. The average Bonchev–Trinajstić information content (AvgIpc) is 2.55. The van der Waals surface area contributed by atoms with Gasteiger partial charge in [0.25, 0.3) is 5.91 Å². The number of hydrogen-bond donors (Lipinski definition) is 1. The maximum Gasteiger partial charge on any atom is 0.407 e. The zero-order chi connectivity index (χ0) is 17.7. The number of amides is 2. The molecule has 1 saturated heterocycles. The number of ether oxygens (including phenoxy) is 1. The van der Waals surface area contributed by atoms with Gasteiger partial charge in [0.2, 0.25) is 0 Å². The summed E-state index contributed by atoms with van der Waals surface area (Å²) < 4.78 is 5.12. The van der Waals surface area contributed by atoms with Gasteiger partial charge in [-0.2, -0.15) is 0 Å². The molecule has 1 aromatic carbocycles. The zero-order valence-electron chi connectivity index (χ0n) is 13.9. The topological polar surface area (TPSA) is 58.6 Å². The largest absolute Gasteiger partial charge is 0.449 e. The van der Waals surface area contributed by atoms with Gasteiger partial charge < -0.3 is 15.0 Å². The molecule has 7 heteroatoms. The van der Waals surface area contributed by atoms with E-state index in [4.69, 9.17) is 27.9 Å². The normalized spacial score (nSPS) is 15.5. The lowest BCUT2D eigenvalue weighted by Crippen LogP contribution is -2.46. The van der Waals surface area contributed by atoms with Crippen molar-refractivity contribution in [2.24, 2.45) is 5.92 Å². The molecule has 0 aliphatic carbocycles. The van der Waals surface area contributed by atoms with E-state index in [1.54, 1.807) is 23.1 Å². The number of hydrogen-bond acceptors (Lipinski definition) is 3. The van der Waals surface area contributed by atoms with Gasteiger partial charge in [-0.3, -0.25) is 4.79 Å². The molecule has 1 aromatic rings. The SMILES string of the molecule is CC(C)COC(=O)NC1CCN(C(=O)c2cc(Cl)ccc2Cl)CC1. The molecule has 2 rings (SSSR count). The smallest absolute Gasteiger partial charge is 0.407 e. The first-order valence-corrected chi connectivity index (χ1v) is 8.80. The monoisotopic (exact) mass is 372 g/mol. The van der Waals surface area contributed by atoms with Gasteiger partial charge in [0, 0.05) is 24.2 Å². The summed E-state index contributed by atoms with van der Waals surface area (Å²) in [6, 6.07) is 4.87. The lowest BCUT2D eigenvalue weighted by atomic mass is 10.0. The van der Waals surface area contributed by atoms with Crippen LogP contribution in [0.15, 0.2) is 18.2 Å². The molecular formula is C17H22Cl2N2O3. The molecule has 0 radical (unpaired) electrons. The lowest BCUT2D eigenvalue weighted by Gasteiger charge is -2.32. The molecule has 1 fully saturated rings. The second-order valence-electron chi connectivity index (χ2n) is 6.33. The fraction of sp³-hybridized carbons (Fsp3) is 0.529. The highest BCUT2D eigenvalue weighted by molar-refractivity contribution is 6.35. The van der Waals surface area contributed by atoms with Gasteiger partial charge in [-0.1, -0.05) is 37.0 Å². The Labute approximate surface area is 152 Å². The maximum absolute atomic E-state index is 12.5. The number of nitrogens with zero attached hydrogens (tertiary/aromatic N) is 1. The summed E-state index contributed by atoms with van der Waals surface area (Å²) in [5.74, 6) is 0.168. The van der Waals surface area contributed by atoms with Crippen molar-refractivity contribution in [1.82, 2.24) is 10.2 Å². The summed E-state index contributed by atoms with van der Waals surface area (Å²) in [7, 11) is 0. The van der Waals surface area contributed by atoms with E-state index in [9.17, 15) is 9.59 Å². The van der Waals surface area contributed by atoms with Gasteiger partial charge in [-0.05, 0) is 37.0 Å². The van der Waals surface area contributed by atoms with Gasteiger partial charge in [-0.15, -0.1) is 0 Å². The number of alkyl carbamates (subject to hydrolysis) is 1. The van der Waals surface area contributed by atoms with Crippen LogP contribution in [0.5, 0.6) is 0 Å². The van der Waals surface area contributed by atoms with Crippen molar-refractivity contribution in [3.63, 3.8) is 0 Å². The minimum absolute atomic E-state index is 0.0172. The van der Waals surface area contributed by atoms with Crippen LogP contribution in [0.4, 0.5) is 4.79 Å². The van der Waals surface area contributed by atoms with E-state index in [1.807, 2.05) is 13.8 Å². The number of carbonyl (C=O) groups is 2. The summed E-state index contributed by atoms with van der Waals surface area (Å²) in [4.78, 5) is 26.0. The Balaban J connectivity index is 1.85. The highest BCUT2D eigenvalue weighted by atomic mass is 35.5. The third kappa shape index (κ3) is 5.28. The second kappa shape index (κ2) is 8.58. The van der Waals surface area contributed by atoms with Gasteiger partial charge in [0.05, 0.1) is 17.2 Å². The summed E-state index contributed by atoms with van der Waals surface area (Å²) >= 11 is 12.0. The molecule has 1 aliphatic rings. The maximum atomic E-state index is 12.5. The molecule has 1 aliphatic heterocycles. The third-order valence-electron chi connectivity index (χ3n) is 3.81. The quantitative estimate of drug-likeness (QED) is 0.869. The van der Waals surface area contributed by atoms with Gasteiger partial charge in [0.1, 0.15) is 0 Å². The molecule has 0 unspecified atom stereocenters. The standard InChI is InChI=1S/C17H22Cl2N2O3/c1-11(2)10-24-17(23)20-13-5-7-21(8-6-13)16(22)14-9-12(18)3-4-15(14)19/h3-4,9,11,13H,5-8,10H2,1-2H3,(H,20,23). The highest BCUT2D eigenvalue weighted by Gasteiger charge is 2.26. The molecule has 0 aromatic heterocycles. The van der Waals surface area contributed by atoms with E-state index in [0.29, 0.717) is 54.1 Å². The average molecular weight is 373 g/mol. The van der Waals surface area contributed by atoms with E-state index < -0.39 is 6.09 Å². The van der Waals surface area contributed by atoms with Crippen molar-refractivity contribution >= 4 is 35.2 Å². The number of rotatable bonds is 4. The first-order valence-electron chi connectivity index (χ1n) is 8.04. The van der Waals surface area contributed by atoms with Crippen molar-refractivity contribution < 1.29 is 14.3 Å². The van der Waals surface area contributed by atoms with Crippen LogP contribution in [0.25, 0.3) is 0 Å². The van der Waals surface area contributed by atoms with Crippen molar-refractivity contribution in [3.05, 3.63) is 33.8 Å². The van der Waals surface area contributed by atoms with E-state index in [2.05, 4.69) is 5.32 Å². The molecule has 0 spiro atoms. The molecule has 1 N–H and O–H groups in total. The molecule has 0 atom stereocenters. The molecule has 2 amide bonds. The Morgan fingerprint density at radius 3 is 2.58 bits per heavy atom. The first-order chi connectivity index (χ1) is 11.4. The van der Waals surface area contributed by atoms with Crippen LogP contribution in [0.2, 0.25) is 10.0 Å². The Morgan fingerprint density at radius 1 is 1.29 bits per heavy atom. The fourth-order valence-corrected chi connectivity index (χ4v) is 2.88. The predicted molar refractivity (Wildman–Crippen MR) is 94.7 cm³/mol. The number of carbonyl (C=O) groups excluding carboxylic acids is 2. The van der Waals surface area contributed by atoms with Crippen LogP contribution in [0.1, 0.15) is 37.0 Å². The zero-order valence-corrected chi connectivity index (χ0v) is 15.4. The lowest BCUT2D eigenvalue weighted by molar-refractivity contribution is 0.0700. The van der Waals surface area contributed by atoms with E-state index in [1.165, 1.54) is 0 Å². The van der Waals surface area contributed by atoms with Crippen molar-refractivity contribution in [1.29, 1.82) is 0 Å². The summed E-state index contributed by atoms with van der Waals surface area (Å²) in [5, 5.41) is 3.72. The molecule has 24 heavy (non-hydrogen) atoms. The first kappa shape index (κ1) is 18.9. The van der Waals surface area contributed by atoms with Gasteiger partial charge in [-0.25, -0.2) is 4.79 Å². The van der Waals surface area contributed by atoms with E-state index >= 15 is 0 Å². The van der Waals surface area contributed by atoms with Crippen LogP contribution >= 0.6 is 23.2 Å². The van der Waals surface area contributed by atoms with Crippen LogP contribution in [-0.4, -0.2) is 42.6 Å². The number of piperidine rings is 1. The fourth-order valence-electron chi connectivity index (χ4n) is 2.51.